The Labute approximate surface area is 91.4 Å². The molecule has 0 spiro atoms. The number of rotatable bonds is 4. The summed E-state index contributed by atoms with van der Waals surface area (Å²) in [7, 11) is 0. The van der Waals surface area contributed by atoms with Gasteiger partial charge in [0.1, 0.15) is 0 Å². The van der Waals surface area contributed by atoms with E-state index in [1.807, 2.05) is 6.07 Å². The van der Waals surface area contributed by atoms with Gasteiger partial charge in [0.05, 0.1) is 18.1 Å². The van der Waals surface area contributed by atoms with Gasteiger partial charge in [0.25, 0.3) is 0 Å². The normalized spacial score (nSPS) is 19.4. The van der Waals surface area contributed by atoms with Crippen molar-refractivity contribution in [3.63, 3.8) is 0 Å². The van der Waals surface area contributed by atoms with Crippen molar-refractivity contribution in [2.45, 2.75) is 12.8 Å². The van der Waals surface area contributed by atoms with E-state index in [9.17, 15) is 9.59 Å². The SMILES string of the molecule is O=C(O)CC1=NNC(=O)C1Cc1cc[nH]c1. The number of carbonyl (C=O) groups excluding carboxylic acids is 1. The van der Waals surface area contributed by atoms with Crippen LogP contribution in [0.5, 0.6) is 0 Å². The molecule has 2 heterocycles. The van der Waals surface area contributed by atoms with Crippen LogP contribution >= 0.6 is 0 Å². The molecule has 1 atom stereocenters. The molecule has 6 nitrogen and oxygen atoms in total. The lowest BCUT2D eigenvalue weighted by molar-refractivity contribution is -0.135. The highest BCUT2D eigenvalue weighted by atomic mass is 16.4. The Bertz CT molecular complexity index is 436. The van der Waals surface area contributed by atoms with E-state index in [0.717, 1.165) is 5.56 Å². The van der Waals surface area contributed by atoms with Crippen molar-refractivity contribution < 1.29 is 14.7 Å². The Morgan fingerprint density at radius 1 is 1.56 bits per heavy atom. The molecule has 0 saturated heterocycles. The number of carboxylic acid groups (broad SMARTS) is 1. The molecule has 1 aliphatic heterocycles. The summed E-state index contributed by atoms with van der Waals surface area (Å²) in [5, 5.41) is 12.4. The Morgan fingerprint density at radius 2 is 2.38 bits per heavy atom. The zero-order chi connectivity index (χ0) is 11.5. The first-order valence-corrected chi connectivity index (χ1v) is 4.86. The van der Waals surface area contributed by atoms with E-state index in [-0.39, 0.29) is 12.3 Å². The predicted molar refractivity (Wildman–Crippen MR) is 55.8 cm³/mol. The summed E-state index contributed by atoms with van der Waals surface area (Å²) < 4.78 is 0. The van der Waals surface area contributed by atoms with Crippen molar-refractivity contribution in [2.24, 2.45) is 11.0 Å². The minimum Gasteiger partial charge on any atom is -0.481 e. The van der Waals surface area contributed by atoms with E-state index < -0.39 is 11.9 Å². The topological polar surface area (TPSA) is 94.5 Å². The third-order valence-electron chi connectivity index (χ3n) is 2.46. The number of aliphatic carboxylic acids is 1. The van der Waals surface area contributed by atoms with Crippen molar-refractivity contribution in [3.8, 4) is 0 Å². The monoisotopic (exact) mass is 221 g/mol. The van der Waals surface area contributed by atoms with Crippen LogP contribution in [-0.4, -0.2) is 27.7 Å². The largest absolute Gasteiger partial charge is 0.481 e. The minimum absolute atomic E-state index is 0.201. The molecule has 0 radical (unpaired) electrons. The summed E-state index contributed by atoms with van der Waals surface area (Å²) in [6, 6.07) is 1.85. The number of nitrogens with one attached hydrogen (secondary N) is 2. The molecule has 0 saturated carbocycles. The number of carboxylic acids is 1. The molecule has 1 aliphatic rings. The Kier molecular flexibility index (Phi) is 2.72. The molecule has 1 aromatic rings. The second-order valence-corrected chi connectivity index (χ2v) is 3.63. The van der Waals surface area contributed by atoms with Gasteiger partial charge in [-0.1, -0.05) is 0 Å². The molecule has 16 heavy (non-hydrogen) atoms. The molecule has 1 amide bonds. The van der Waals surface area contributed by atoms with Gasteiger partial charge < -0.3 is 10.1 Å². The lowest BCUT2D eigenvalue weighted by atomic mass is 9.94. The van der Waals surface area contributed by atoms with E-state index in [0.29, 0.717) is 12.1 Å². The molecule has 2 rings (SSSR count). The first-order chi connectivity index (χ1) is 7.66. The average Bonchev–Trinajstić information content (AvgIpc) is 2.82. The van der Waals surface area contributed by atoms with E-state index in [1.165, 1.54) is 0 Å². The lowest BCUT2D eigenvalue weighted by Gasteiger charge is -2.07. The molecular weight excluding hydrogens is 210 g/mol. The summed E-state index contributed by atoms with van der Waals surface area (Å²) in [6.07, 6.45) is 3.81. The van der Waals surface area contributed by atoms with Gasteiger partial charge in [-0.15, -0.1) is 0 Å². The zero-order valence-electron chi connectivity index (χ0n) is 8.43. The van der Waals surface area contributed by atoms with Gasteiger partial charge in [-0.3, -0.25) is 9.59 Å². The van der Waals surface area contributed by atoms with Crippen LogP contribution < -0.4 is 5.43 Å². The fraction of sp³-hybridized carbons (Fsp3) is 0.300. The van der Waals surface area contributed by atoms with Gasteiger partial charge in [0.2, 0.25) is 5.91 Å². The highest BCUT2D eigenvalue weighted by molar-refractivity contribution is 6.13. The summed E-state index contributed by atoms with van der Waals surface area (Å²) in [4.78, 5) is 24.9. The molecule has 0 fully saturated rings. The Hall–Kier alpha value is -2.11. The van der Waals surface area contributed by atoms with Gasteiger partial charge >= 0.3 is 5.97 Å². The molecule has 1 aromatic heterocycles. The summed E-state index contributed by atoms with van der Waals surface area (Å²) in [5.41, 5.74) is 3.66. The second kappa shape index (κ2) is 4.18. The molecule has 1 unspecified atom stereocenters. The maximum Gasteiger partial charge on any atom is 0.309 e. The van der Waals surface area contributed by atoms with Gasteiger partial charge in [-0.2, -0.15) is 5.10 Å². The van der Waals surface area contributed by atoms with Crippen molar-refractivity contribution in [1.29, 1.82) is 0 Å². The van der Waals surface area contributed by atoms with Crippen LogP contribution in [0.2, 0.25) is 0 Å². The van der Waals surface area contributed by atoms with Crippen molar-refractivity contribution >= 4 is 17.6 Å². The summed E-state index contributed by atoms with van der Waals surface area (Å²) in [5.74, 6) is -1.68. The number of hydrazone groups is 1. The van der Waals surface area contributed by atoms with Crippen molar-refractivity contribution in [1.82, 2.24) is 10.4 Å². The third kappa shape index (κ3) is 2.10. The third-order valence-corrected chi connectivity index (χ3v) is 2.46. The van der Waals surface area contributed by atoms with E-state index >= 15 is 0 Å². The van der Waals surface area contributed by atoms with Crippen LogP contribution in [0.15, 0.2) is 23.6 Å². The maximum absolute atomic E-state index is 11.5. The van der Waals surface area contributed by atoms with Gasteiger partial charge in [-0.05, 0) is 18.1 Å². The number of aromatic amines is 1. The van der Waals surface area contributed by atoms with Crippen LogP contribution in [-0.2, 0) is 16.0 Å². The fourth-order valence-corrected chi connectivity index (χ4v) is 1.68. The number of nitrogens with zero attached hydrogens (tertiary/aromatic N) is 1. The first-order valence-electron chi connectivity index (χ1n) is 4.86. The quantitative estimate of drug-likeness (QED) is 0.674. The Balaban J connectivity index is 2.09. The van der Waals surface area contributed by atoms with E-state index in [2.05, 4.69) is 15.5 Å². The molecule has 3 N–H and O–H groups in total. The number of carbonyl (C=O) groups is 2. The van der Waals surface area contributed by atoms with Crippen molar-refractivity contribution in [2.75, 3.05) is 0 Å². The van der Waals surface area contributed by atoms with E-state index in [1.54, 1.807) is 12.4 Å². The number of amides is 1. The molecule has 0 bridgehead atoms. The fourth-order valence-electron chi connectivity index (χ4n) is 1.68. The van der Waals surface area contributed by atoms with Gasteiger partial charge in [-0.25, -0.2) is 5.43 Å². The van der Waals surface area contributed by atoms with Crippen molar-refractivity contribution in [3.05, 3.63) is 24.0 Å². The highest BCUT2D eigenvalue weighted by Crippen LogP contribution is 2.16. The average molecular weight is 221 g/mol. The van der Waals surface area contributed by atoms with Gasteiger partial charge in [0.15, 0.2) is 0 Å². The van der Waals surface area contributed by atoms with Crippen LogP contribution in [0, 0.1) is 5.92 Å². The standard InChI is InChI=1S/C10H11N3O3/c14-9(15)4-8-7(10(16)13-12-8)3-6-1-2-11-5-6/h1-2,5,7,11H,3-4H2,(H,13,16)(H,14,15). The van der Waals surface area contributed by atoms with Crippen LogP contribution in [0.1, 0.15) is 12.0 Å². The number of hydrogen-bond donors (Lipinski definition) is 3. The predicted octanol–water partition coefficient (Wildman–Crippen LogP) is 0.134. The zero-order valence-corrected chi connectivity index (χ0v) is 8.43. The minimum atomic E-state index is -0.977. The summed E-state index contributed by atoms with van der Waals surface area (Å²) in [6.45, 7) is 0. The molecule has 84 valence electrons. The van der Waals surface area contributed by atoms with Crippen LogP contribution in [0.4, 0.5) is 0 Å². The smallest absolute Gasteiger partial charge is 0.309 e. The van der Waals surface area contributed by atoms with Crippen LogP contribution in [0.25, 0.3) is 0 Å². The molecule has 0 aromatic carbocycles. The molecule has 0 aliphatic carbocycles. The Morgan fingerprint density at radius 3 is 3.00 bits per heavy atom. The van der Waals surface area contributed by atoms with E-state index in [4.69, 9.17) is 5.11 Å². The summed E-state index contributed by atoms with van der Waals surface area (Å²) >= 11 is 0. The van der Waals surface area contributed by atoms with Crippen LogP contribution in [0.3, 0.4) is 0 Å². The first kappa shape index (κ1) is 10.4. The number of H-pyrrole nitrogens is 1. The number of aromatic nitrogens is 1. The second-order valence-electron chi connectivity index (χ2n) is 3.63. The maximum atomic E-state index is 11.5. The van der Waals surface area contributed by atoms with Gasteiger partial charge in [0, 0.05) is 12.4 Å². The number of hydrogen-bond acceptors (Lipinski definition) is 3. The molecule has 6 heteroatoms. The highest BCUT2D eigenvalue weighted by Gasteiger charge is 2.31. The lowest BCUT2D eigenvalue weighted by Crippen LogP contribution is -2.26. The molecular formula is C10H11N3O3.